The van der Waals surface area contributed by atoms with Crippen molar-refractivity contribution in [1.82, 2.24) is 0 Å². The number of benzene rings is 1. The molecule has 0 aliphatic carbocycles. The van der Waals surface area contributed by atoms with E-state index in [9.17, 15) is 9.59 Å². The van der Waals surface area contributed by atoms with E-state index in [4.69, 9.17) is 5.11 Å². The molecule has 0 atom stereocenters. The van der Waals surface area contributed by atoms with Crippen LogP contribution < -0.4 is 4.90 Å². The van der Waals surface area contributed by atoms with Crippen LogP contribution in [0.5, 0.6) is 0 Å². The summed E-state index contributed by atoms with van der Waals surface area (Å²) in [4.78, 5) is 23.8. The first kappa shape index (κ1) is 12.0. The number of nitrogens with zero attached hydrogens (tertiary/aromatic N) is 1. The average molecular weight is 219 g/mol. The van der Waals surface area contributed by atoms with E-state index in [1.807, 2.05) is 0 Å². The van der Waals surface area contributed by atoms with E-state index in [1.165, 1.54) is 17.9 Å². The smallest absolute Gasteiger partial charge is 0.337 e. The zero-order chi connectivity index (χ0) is 12.1. The van der Waals surface area contributed by atoms with Crippen LogP contribution in [-0.4, -0.2) is 23.5 Å². The summed E-state index contributed by atoms with van der Waals surface area (Å²) in [5.41, 5.74) is 0.502. The predicted molar refractivity (Wildman–Crippen MR) is 61.6 cm³/mol. The third-order valence-corrected chi connectivity index (χ3v) is 2.12. The van der Waals surface area contributed by atoms with Crippen LogP contribution in [0.15, 0.2) is 36.9 Å². The summed E-state index contributed by atoms with van der Waals surface area (Å²) in [6.07, 6.45) is 1.56. The molecule has 1 aromatic rings. The van der Waals surface area contributed by atoms with Gasteiger partial charge in [-0.25, -0.2) is 4.79 Å². The Kier molecular flexibility index (Phi) is 3.83. The molecule has 0 aromatic heterocycles. The lowest BCUT2D eigenvalue weighted by atomic mass is 10.1. The number of aromatic carboxylic acids is 1. The molecule has 1 rings (SSSR count). The summed E-state index contributed by atoms with van der Waals surface area (Å²) in [6, 6.07) is 6.39. The second-order valence-corrected chi connectivity index (χ2v) is 3.24. The highest BCUT2D eigenvalue weighted by Crippen LogP contribution is 2.20. The topological polar surface area (TPSA) is 57.6 Å². The molecular weight excluding hydrogens is 206 g/mol. The monoisotopic (exact) mass is 219 g/mol. The second kappa shape index (κ2) is 5.11. The Morgan fingerprint density at radius 3 is 2.56 bits per heavy atom. The van der Waals surface area contributed by atoms with E-state index in [0.29, 0.717) is 12.2 Å². The Labute approximate surface area is 93.8 Å². The quantitative estimate of drug-likeness (QED) is 0.787. The molecule has 4 heteroatoms. The molecule has 0 heterocycles. The third kappa shape index (κ3) is 2.48. The number of rotatable bonds is 4. The Morgan fingerprint density at radius 1 is 1.44 bits per heavy atom. The van der Waals surface area contributed by atoms with Crippen LogP contribution in [0.25, 0.3) is 0 Å². The second-order valence-electron chi connectivity index (χ2n) is 3.24. The molecule has 1 aromatic carbocycles. The minimum Gasteiger partial charge on any atom is -0.478 e. The first-order chi connectivity index (χ1) is 7.57. The van der Waals surface area contributed by atoms with Gasteiger partial charge >= 0.3 is 5.97 Å². The number of carboxylic acids is 1. The first-order valence-corrected chi connectivity index (χ1v) is 4.79. The number of carboxylic acid groups (broad SMARTS) is 1. The molecule has 16 heavy (non-hydrogen) atoms. The molecule has 0 spiro atoms. The van der Waals surface area contributed by atoms with Crippen molar-refractivity contribution in [3.05, 3.63) is 42.5 Å². The van der Waals surface area contributed by atoms with Crippen LogP contribution in [0.4, 0.5) is 5.69 Å². The highest BCUT2D eigenvalue weighted by Gasteiger charge is 2.17. The summed E-state index contributed by atoms with van der Waals surface area (Å²) >= 11 is 0. The van der Waals surface area contributed by atoms with Crippen molar-refractivity contribution in [1.29, 1.82) is 0 Å². The fourth-order valence-corrected chi connectivity index (χ4v) is 1.42. The van der Waals surface area contributed by atoms with Gasteiger partial charge in [0.2, 0.25) is 5.91 Å². The van der Waals surface area contributed by atoms with Gasteiger partial charge in [0, 0.05) is 13.5 Å². The van der Waals surface area contributed by atoms with E-state index in [2.05, 4.69) is 6.58 Å². The fourth-order valence-electron chi connectivity index (χ4n) is 1.42. The van der Waals surface area contributed by atoms with Crippen molar-refractivity contribution in [2.75, 3.05) is 11.4 Å². The van der Waals surface area contributed by atoms with E-state index in [0.717, 1.165) is 0 Å². The van der Waals surface area contributed by atoms with E-state index >= 15 is 0 Å². The summed E-state index contributed by atoms with van der Waals surface area (Å²) in [6.45, 7) is 5.22. The Balaban J connectivity index is 3.22. The van der Waals surface area contributed by atoms with Crippen molar-refractivity contribution in [3.63, 3.8) is 0 Å². The minimum atomic E-state index is -1.05. The predicted octanol–water partition coefficient (Wildman–Crippen LogP) is 1.92. The minimum absolute atomic E-state index is 0.111. The van der Waals surface area contributed by atoms with Crippen LogP contribution in [0.1, 0.15) is 17.3 Å². The molecule has 0 fully saturated rings. The number of carbonyl (C=O) groups is 2. The molecule has 0 unspecified atom stereocenters. The number of hydrogen-bond acceptors (Lipinski definition) is 2. The summed E-state index contributed by atoms with van der Waals surface area (Å²) in [7, 11) is 0. The van der Waals surface area contributed by atoms with Gasteiger partial charge < -0.3 is 10.0 Å². The van der Waals surface area contributed by atoms with Crippen LogP contribution >= 0.6 is 0 Å². The lowest BCUT2D eigenvalue weighted by molar-refractivity contribution is -0.116. The number of carbonyl (C=O) groups excluding carboxylic acids is 1. The van der Waals surface area contributed by atoms with Gasteiger partial charge in [-0.3, -0.25) is 4.79 Å². The molecule has 0 aliphatic rings. The lowest BCUT2D eigenvalue weighted by Crippen LogP contribution is -2.29. The highest BCUT2D eigenvalue weighted by molar-refractivity contribution is 6.01. The molecule has 0 saturated heterocycles. The highest BCUT2D eigenvalue weighted by atomic mass is 16.4. The average Bonchev–Trinajstić information content (AvgIpc) is 2.25. The molecular formula is C12H13NO3. The van der Waals surface area contributed by atoms with Gasteiger partial charge in [0.1, 0.15) is 0 Å². The SMILES string of the molecule is C=CCN(C(C)=O)c1ccccc1C(=O)O. The standard InChI is InChI=1S/C12H13NO3/c1-3-8-13(9(2)14)11-7-5-4-6-10(11)12(15)16/h3-7H,1,8H2,2H3,(H,15,16). The van der Waals surface area contributed by atoms with E-state index < -0.39 is 5.97 Å². The van der Waals surface area contributed by atoms with Gasteiger partial charge in [0.05, 0.1) is 11.3 Å². The number of hydrogen-bond donors (Lipinski definition) is 1. The molecule has 1 amide bonds. The molecule has 0 radical (unpaired) electrons. The van der Waals surface area contributed by atoms with Gasteiger partial charge in [-0.1, -0.05) is 18.2 Å². The Hall–Kier alpha value is -2.10. The Bertz CT molecular complexity index is 426. The largest absolute Gasteiger partial charge is 0.478 e. The van der Waals surface area contributed by atoms with Crippen LogP contribution in [0, 0.1) is 0 Å². The molecule has 4 nitrogen and oxygen atoms in total. The van der Waals surface area contributed by atoms with E-state index in [1.54, 1.807) is 24.3 Å². The van der Waals surface area contributed by atoms with Crippen molar-refractivity contribution in [2.45, 2.75) is 6.92 Å². The third-order valence-electron chi connectivity index (χ3n) is 2.12. The molecule has 0 aliphatic heterocycles. The van der Waals surface area contributed by atoms with Crippen LogP contribution in [-0.2, 0) is 4.79 Å². The normalized spacial score (nSPS) is 9.56. The first-order valence-electron chi connectivity index (χ1n) is 4.79. The fraction of sp³-hybridized carbons (Fsp3) is 0.167. The lowest BCUT2D eigenvalue weighted by Gasteiger charge is -2.21. The number of anilines is 1. The molecule has 1 N–H and O–H groups in total. The van der Waals surface area contributed by atoms with Crippen LogP contribution in [0.2, 0.25) is 0 Å². The maximum atomic E-state index is 11.4. The van der Waals surface area contributed by atoms with Gasteiger partial charge in [0.25, 0.3) is 0 Å². The van der Waals surface area contributed by atoms with Crippen LogP contribution in [0.3, 0.4) is 0 Å². The number of amides is 1. The summed E-state index contributed by atoms with van der Waals surface area (Å²) in [5.74, 6) is -1.26. The van der Waals surface area contributed by atoms with Crippen molar-refractivity contribution in [2.24, 2.45) is 0 Å². The van der Waals surface area contributed by atoms with Crippen molar-refractivity contribution in [3.8, 4) is 0 Å². The maximum absolute atomic E-state index is 11.4. The molecule has 84 valence electrons. The maximum Gasteiger partial charge on any atom is 0.337 e. The van der Waals surface area contributed by atoms with Gasteiger partial charge in [-0.2, -0.15) is 0 Å². The van der Waals surface area contributed by atoms with Crippen molar-refractivity contribution < 1.29 is 14.7 Å². The zero-order valence-corrected chi connectivity index (χ0v) is 9.01. The molecule has 0 bridgehead atoms. The van der Waals surface area contributed by atoms with Gasteiger partial charge in [-0.05, 0) is 12.1 Å². The summed E-state index contributed by atoms with van der Waals surface area (Å²) < 4.78 is 0. The zero-order valence-electron chi connectivity index (χ0n) is 9.01. The number of para-hydroxylation sites is 1. The van der Waals surface area contributed by atoms with Gasteiger partial charge in [0.15, 0.2) is 0 Å². The van der Waals surface area contributed by atoms with Gasteiger partial charge in [-0.15, -0.1) is 6.58 Å². The summed E-state index contributed by atoms with van der Waals surface area (Å²) in [5, 5.41) is 9.00. The Morgan fingerprint density at radius 2 is 2.06 bits per heavy atom. The van der Waals surface area contributed by atoms with E-state index in [-0.39, 0.29) is 11.5 Å². The van der Waals surface area contributed by atoms with Crippen molar-refractivity contribution >= 4 is 17.6 Å². The molecule has 0 saturated carbocycles.